The van der Waals surface area contributed by atoms with Crippen LogP contribution >= 0.6 is 12.2 Å². The van der Waals surface area contributed by atoms with Crippen LogP contribution in [0.2, 0.25) is 0 Å². The third-order valence-electron chi connectivity index (χ3n) is 2.79. The van der Waals surface area contributed by atoms with Crippen LogP contribution in [0.4, 0.5) is 0 Å². The quantitative estimate of drug-likeness (QED) is 0.694. The van der Waals surface area contributed by atoms with Crippen molar-refractivity contribution in [3.63, 3.8) is 0 Å². The Morgan fingerprint density at radius 3 is 2.75 bits per heavy atom. The van der Waals surface area contributed by atoms with Crippen LogP contribution in [0, 0.1) is 0 Å². The van der Waals surface area contributed by atoms with E-state index in [1.165, 1.54) is 25.7 Å². The van der Waals surface area contributed by atoms with Gasteiger partial charge in [-0.3, -0.25) is 0 Å². The van der Waals surface area contributed by atoms with Crippen molar-refractivity contribution in [1.29, 1.82) is 0 Å². The Labute approximate surface area is 105 Å². The number of unbranched alkanes of at least 4 members (excludes halogenated alkanes) is 1. The predicted molar refractivity (Wildman–Crippen MR) is 71.7 cm³/mol. The Kier molecular flexibility index (Phi) is 6.06. The molecule has 0 amide bonds. The van der Waals surface area contributed by atoms with Gasteiger partial charge in [-0.2, -0.15) is 0 Å². The molecule has 0 aromatic heterocycles. The lowest BCUT2D eigenvalue weighted by molar-refractivity contribution is 0.177. The van der Waals surface area contributed by atoms with Gasteiger partial charge in [0.15, 0.2) is 5.11 Å². The number of nitrogens with one attached hydrogen (secondary N) is 1. The average molecular weight is 244 g/mol. The Bertz CT molecular complexity index is 219. The predicted octanol–water partition coefficient (Wildman–Crippen LogP) is 2.16. The number of hydrogen-bond acceptors (Lipinski definition) is 2. The molecule has 0 aromatic carbocycles. The van der Waals surface area contributed by atoms with E-state index in [2.05, 4.69) is 24.1 Å². The molecule has 0 radical (unpaired) electrons. The minimum Gasteiger partial charge on any atom is -0.383 e. The Balaban J connectivity index is 2.34. The molecule has 3 nitrogen and oxygen atoms in total. The van der Waals surface area contributed by atoms with Gasteiger partial charge in [0.05, 0.1) is 6.61 Å². The van der Waals surface area contributed by atoms with Crippen molar-refractivity contribution in [3.05, 3.63) is 0 Å². The maximum absolute atomic E-state index is 5.45. The summed E-state index contributed by atoms with van der Waals surface area (Å²) < 4.78 is 5.10. The molecule has 1 aliphatic carbocycles. The first-order valence-electron chi connectivity index (χ1n) is 6.25. The Morgan fingerprint density at radius 2 is 2.25 bits per heavy atom. The van der Waals surface area contributed by atoms with E-state index in [1.54, 1.807) is 7.11 Å². The van der Waals surface area contributed by atoms with Crippen molar-refractivity contribution in [2.45, 2.75) is 51.6 Å². The van der Waals surface area contributed by atoms with Crippen LogP contribution in [0.25, 0.3) is 0 Å². The van der Waals surface area contributed by atoms with Gasteiger partial charge in [0.2, 0.25) is 0 Å². The number of thiocarbonyl (C=S) groups is 1. The van der Waals surface area contributed by atoms with Gasteiger partial charge in [-0.25, -0.2) is 0 Å². The molecule has 0 saturated heterocycles. The van der Waals surface area contributed by atoms with Crippen LogP contribution in [0.15, 0.2) is 0 Å². The van der Waals surface area contributed by atoms with Crippen molar-refractivity contribution in [2.75, 3.05) is 20.3 Å². The molecule has 94 valence electrons. The summed E-state index contributed by atoms with van der Waals surface area (Å²) in [4.78, 5) is 2.35. The first-order chi connectivity index (χ1) is 7.69. The minimum absolute atomic E-state index is 0.292. The summed E-state index contributed by atoms with van der Waals surface area (Å²) in [7, 11) is 1.72. The summed E-state index contributed by atoms with van der Waals surface area (Å²) in [6.45, 7) is 6.11. The van der Waals surface area contributed by atoms with E-state index in [9.17, 15) is 0 Å². The first-order valence-corrected chi connectivity index (χ1v) is 6.66. The van der Waals surface area contributed by atoms with E-state index >= 15 is 0 Å². The van der Waals surface area contributed by atoms with Crippen LogP contribution in [-0.4, -0.2) is 42.4 Å². The topological polar surface area (TPSA) is 24.5 Å². The lowest BCUT2D eigenvalue weighted by Crippen LogP contribution is -2.46. The monoisotopic (exact) mass is 244 g/mol. The zero-order valence-electron chi connectivity index (χ0n) is 10.7. The number of rotatable bonds is 7. The summed E-state index contributed by atoms with van der Waals surface area (Å²) in [5.41, 5.74) is 0. The summed E-state index contributed by atoms with van der Waals surface area (Å²) in [5.74, 6) is 0. The van der Waals surface area contributed by atoms with Crippen molar-refractivity contribution >= 4 is 17.3 Å². The molecule has 0 heterocycles. The zero-order valence-corrected chi connectivity index (χ0v) is 11.5. The summed E-state index contributed by atoms with van der Waals surface area (Å²) in [6.07, 6.45) is 5.03. The molecule has 1 unspecified atom stereocenters. The second-order valence-corrected chi connectivity index (χ2v) is 4.97. The lowest BCUT2D eigenvalue weighted by Gasteiger charge is -2.27. The van der Waals surface area contributed by atoms with Crippen LogP contribution in [-0.2, 0) is 4.74 Å². The van der Waals surface area contributed by atoms with Crippen LogP contribution in [0.5, 0.6) is 0 Å². The first kappa shape index (κ1) is 13.7. The molecule has 4 heteroatoms. The average Bonchev–Trinajstić information content (AvgIpc) is 3.02. The number of hydrogen-bond donors (Lipinski definition) is 1. The molecule has 1 fully saturated rings. The summed E-state index contributed by atoms with van der Waals surface area (Å²) >= 11 is 5.45. The fourth-order valence-corrected chi connectivity index (χ4v) is 2.19. The third-order valence-corrected chi connectivity index (χ3v) is 3.14. The molecule has 1 saturated carbocycles. The maximum Gasteiger partial charge on any atom is 0.169 e. The van der Waals surface area contributed by atoms with E-state index in [-0.39, 0.29) is 0 Å². The van der Waals surface area contributed by atoms with E-state index < -0.39 is 0 Å². The second-order valence-electron chi connectivity index (χ2n) is 4.58. The normalized spacial score (nSPS) is 16.9. The van der Waals surface area contributed by atoms with Gasteiger partial charge in [0.25, 0.3) is 0 Å². The van der Waals surface area contributed by atoms with E-state index in [0.29, 0.717) is 18.7 Å². The van der Waals surface area contributed by atoms with E-state index in [1.807, 2.05) is 0 Å². The van der Waals surface area contributed by atoms with Gasteiger partial charge in [-0.05, 0) is 38.4 Å². The van der Waals surface area contributed by atoms with E-state index in [4.69, 9.17) is 17.0 Å². The van der Waals surface area contributed by atoms with Crippen molar-refractivity contribution in [3.8, 4) is 0 Å². The SMILES string of the molecule is CCCCN(C(=S)NC(C)COC)C1CC1. The number of methoxy groups -OCH3 is 1. The lowest BCUT2D eigenvalue weighted by atomic mass is 10.3. The molecule has 0 aliphatic heterocycles. The Morgan fingerprint density at radius 1 is 1.56 bits per heavy atom. The third kappa shape index (κ3) is 4.66. The highest BCUT2D eigenvalue weighted by molar-refractivity contribution is 7.80. The molecule has 1 aliphatic rings. The number of ether oxygens (including phenoxy) is 1. The fraction of sp³-hybridized carbons (Fsp3) is 0.917. The van der Waals surface area contributed by atoms with E-state index in [0.717, 1.165) is 11.7 Å². The van der Waals surface area contributed by atoms with Gasteiger partial charge in [0, 0.05) is 25.7 Å². The summed E-state index contributed by atoms with van der Waals surface area (Å²) in [6, 6.07) is 0.988. The molecule has 16 heavy (non-hydrogen) atoms. The fourth-order valence-electron chi connectivity index (χ4n) is 1.75. The van der Waals surface area contributed by atoms with Crippen LogP contribution in [0.3, 0.4) is 0 Å². The molecule has 1 rings (SSSR count). The zero-order chi connectivity index (χ0) is 12.0. The largest absolute Gasteiger partial charge is 0.383 e. The Hall–Kier alpha value is -0.350. The molecular formula is C12H24N2OS. The molecule has 0 spiro atoms. The van der Waals surface area contributed by atoms with Gasteiger partial charge in [0.1, 0.15) is 0 Å². The van der Waals surface area contributed by atoms with Gasteiger partial charge in [-0.15, -0.1) is 0 Å². The summed E-state index contributed by atoms with van der Waals surface area (Å²) in [5, 5.41) is 4.25. The number of nitrogens with zero attached hydrogens (tertiary/aromatic N) is 1. The molecule has 0 aromatic rings. The van der Waals surface area contributed by atoms with Crippen molar-refractivity contribution in [2.24, 2.45) is 0 Å². The minimum atomic E-state index is 0.292. The molecule has 0 bridgehead atoms. The highest BCUT2D eigenvalue weighted by Crippen LogP contribution is 2.27. The van der Waals surface area contributed by atoms with Gasteiger partial charge >= 0.3 is 0 Å². The highest BCUT2D eigenvalue weighted by Gasteiger charge is 2.30. The standard InChI is InChI=1S/C12H24N2OS/c1-4-5-8-14(11-6-7-11)12(16)13-10(2)9-15-3/h10-11H,4-9H2,1-3H3,(H,13,16). The van der Waals surface area contributed by atoms with Crippen molar-refractivity contribution < 1.29 is 4.74 Å². The van der Waals surface area contributed by atoms with Gasteiger partial charge in [-0.1, -0.05) is 13.3 Å². The van der Waals surface area contributed by atoms with Gasteiger partial charge < -0.3 is 15.0 Å². The van der Waals surface area contributed by atoms with Crippen molar-refractivity contribution in [1.82, 2.24) is 10.2 Å². The maximum atomic E-state index is 5.45. The second kappa shape index (κ2) is 7.07. The van der Waals surface area contributed by atoms with Crippen LogP contribution in [0.1, 0.15) is 39.5 Å². The smallest absolute Gasteiger partial charge is 0.169 e. The molecular weight excluding hydrogens is 220 g/mol. The highest BCUT2D eigenvalue weighted by atomic mass is 32.1. The van der Waals surface area contributed by atoms with Crippen LogP contribution < -0.4 is 5.32 Å². The molecule has 1 N–H and O–H groups in total. The molecule has 1 atom stereocenters.